The van der Waals surface area contributed by atoms with Crippen LogP contribution in [0.25, 0.3) is 0 Å². The Kier molecular flexibility index (Phi) is 13.8. The van der Waals surface area contributed by atoms with Gasteiger partial charge >= 0.3 is 0 Å². The Bertz CT molecular complexity index is 1400. The zero-order chi connectivity index (χ0) is 32.4. The summed E-state index contributed by atoms with van der Waals surface area (Å²) in [5.41, 5.74) is 9.10. The average molecular weight is 631 g/mol. The number of carbonyl (C=O) groups is 1. The lowest BCUT2D eigenvalue weighted by molar-refractivity contribution is -0.120. The van der Waals surface area contributed by atoms with E-state index in [-0.39, 0.29) is 12.3 Å². The highest BCUT2D eigenvalue weighted by Crippen LogP contribution is 2.19. The molecule has 13 heteroatoms. The Morgan fingerprint density at radius 1 is 0.652 bits per heavy atom. The maximum atomic E-state index is 12.4. The minimum Gasteiger partial charge on any atom is -0.497 e. The van der Waals surface area contributed by atoms with Crippen molar-refractivity contribution in [2.75, 3.05) is 69.7 Å². The van der Waals surface area contributed by atoms with E-state index in [4.69, 9.17) is 24.7 Å². The van der Waals surface area contributed by atoms with Crippen molar-refractivity contribution in [3.05, 3.63) is 89.5 Å². The molecular formula is C33H42N8O5. The summed E-state index contributed by atoms with van der Waals surface area (Å²) in [6, 6.07) is 23.1. The van der Waals surface area contributed by atoms with Gasteiger partial charge in [-0.25, -0.2) is 0 Å². The summed E-state index contributed by atoms with van der Waals surface area (Å²) in [6.45, 7) is 3.82. The van der Waals surface area contributed by atoms with Crippen LogP contribution >= 0.6 is 0 Å². The first-order valence-corrected chi connectivity index (χ1v) is 15.0. The number of methoxy groups -OCH3 is 2. The summed E-state index contributed by atoms with van der Waals surface area (Å²) < 4.78 is 21.2. The molecule has 0 bridgehead atoms. The molecule has 4 rings (SSSR count). The molecule has 3 aromatic carbocycles. The van der Waals surface area contributed by atoms with Crippen LogP contribution in [0.5, 0.6) is 11.5 Å². The summed E-state index contributed by atoms with van der Waals surface area (Å²) in [4.78, 5) is 26.1. The molecule has 4 aromatic rings. The van der Waals surface area contributed by atoms with Crippen LogP contribution in [0.3, 0.4) is 0 Å². The molecule has 1 amide bonds. The van der Waals surface area contributed by atoms with Crippen molar-refractivity contribution in [3.8, 4) is 11.5 Å². The second kappa shape index (κ2) is 18.7. The SMILES string of the molecule is COc1ccc(CNc2nc(NCc3ccc(OC)cc3)nc(Nc3ccc(CC(=O)NCCOCCOCCN)cc3)n2)cc1. The van der Waals surface area contributed by atoms with Gasteiger partial charge in [0, 0.05) is 31.9 Å². The average Bonchev–Trinajstić information content (AvgIpc) is 3.09. The lowest BCUT2D eigenvalue weighted by Gasteiger charge is -2.12. The Hall–Kier alpha value is -4.98. The Morgan fingerprint density at radius 2 is 1.15 bits per heavy atom. The van der Waals surface area contributed by atoms with Gasteiger partial charge in [-0.2, -0.15) is 15.0 Å². The fraction of sp³-hybridized carbons (Fsp3) is 0.333. The number of nitrogens with zero attached hydrogens (tertiary/aromatic N) is 3. The zero-order valence-corrected chi connectivity index (χ0v) is 26.3. The predicted molar refractivity (Wildman–Crippen MR) is 178 cm³/mol. The van der Waals surface area contributed by atoms with Crippen molar-refractivity contribution in [1.82, 2.24) is 20.3 Å². The van der Waals surface area contributed by atoms with Gasteiger partial charge in [-0.3, -0.25) is 4.79 Å². The lowest BCUT2D eigenvalue weighted by atomic mass is 10.1. The van der Waals surface area contributed by atoms with Gasteiger partial charge in [-0.1, -0.05) is 36.4 Å². The van der Waals surface area contributed by atoms with Gasteiger partial charge in [0.15, 0.2) is 0 Å². The second-order valence-electron chi connectivity index (χ2n) is 10.1. The van der Waals surface area contributed by atoms with E-state index in [1.165, 1.54) is 0 Å². The molecule has 6 N–H and O–H groups in total. The molecule has 1 heterocycles. The van der Waals surface area contributed by atoms with E-state index in [0.717, 1.165) is 33.9 Å². The van der Waals surface area contributed by atoms with Gasteiger partial charge in [-0.15, -0.1) is 0 Å². The first-order valence-electron chi connectivity index (χ1n) is 15.0. The number of hydrogen-bond donors (Lipinski definition) is 5. The molecule has 0 radical (unpaired) electrons. The summed E-state index contributed by atoms with van der Waals surface area (Å²) in [5.74, 6) is 2.68. The van der Waals surface area contributed by atoms with Crippen LogP contribution in [-0.4, -0.2) is 74.6 Å². The summed E-state index contributed by atoms with van der Waals surface area (Å²) in [6.07, 6.45) is 0.254. The molecule has 0 aliphatic carbocycles. The van der Waals surface area contributed by atoms with Crippen molar-refractivity contribution in [2.24, 2.45) is 5.73 Å². The minimum atomic E-state index is -0.0821. The molecule has 0 aliphatic heterocycles. The maximum absolute atomic E-state index is 12.4. The highest BCUT2D eigenvalue weighted by molar-refractivity contribution is 5.78. The first kappa shape index (κ1) is 33.9. The number of nitrogens with two attached hydrogens (primary N) is 1. The van der Waals surface area contributed by atoms with E-state index in [1.807, 2.05) is 72.8 Å². The fourth-order valence-electron chi connectivity index (χ4n) is 4.19. The number of carbonyl (C=O) groups excluding carboxylic acids is 1. The number of benzene rings is 3. The van der Waals surface area contributed by atoms with Crippen molar-refractivity contribution in [2.45, 2.75) is 19.5 Å². The van der Waals surface area contributed by atoms with Crippen molar-refractivity contribution >= 4 is 29.4 Å². The van der Waals surface area contributed by atoms with Crippen molar-refractivity contribution < 1.29 is 23.7 Å². The number of anilines is 4. The molecule has 0 spiro atoms. The summed E-state index contributed by atoms with van der Waals surface area (Å²) in [7, 11) is 3.28. The Balaban J connectivity index is 1.34. The molecule has 0 saturated heterocycles. The lowest BCUT2D eigenvalue weighted by Crippen LogP contribution is -2.29. The van der Waals surface area contributed by atoms with E-state index in [1.54, 1.807) is 14.2 Å². The fourth-order valence-corrected chi connectivity index (χ4v) is 4.19. The number of rotatable bonds is 20. The van der Waals surface area contributed by atoms with Crippen LogP contribution in [0.15, 0.2) is 72.8 Å². The van der Waals surface area contributed by atoms with Crippen LogP contribution in [0.4, 0.5) is 23.5 Å². The summed E-state index contributed by atoms with van der Waals surface area (Å²) in [5, 5.41) is 12.7. The number of aromatic nitrogens is 3. The molecule has 0 fully saturated rings. The third kappa shape index (κ3) is 11.8. The topological polar surface area (TPSA) is 167 Å². The summed E-state index contributed by atoms with van der Waals surface area (Å²) >= 11 is 0. The molecular weight excluding hydrogens is 588 g/mol. The number of hydrogen-bond acceptors (Lipinski definition) is 12. The predicted octanol–water partition coefficient (Wildman–Crippen LogP) is 3.51. The number of amides is 1. The monoisotopic (exact) mass is 630 g/mol. The van der Waals surface area contributed by atoms with E-state index in [2.05, 4.69) is 36.2 Å². The van der Waals surface area contributed by atoms with E-state index in [9.17, 15) is 4.79 Å². The van der Waals surface area contributed by atoms with Gasteiger partial charge in [0.1, 0.15) is 11.5 Å². The van der Waals surface area contributed by atoms with Crippen LogP contribution in [0.2, 0.25) is 0 Å². The van der Waals surface area contributed by atoms with Gasteiger partial charge < -0.3 is 45.9 Å². The van der Waals surface area contributed by atoms with E-state index < -0.39 is 0 Å². The van der Waals surface area contributed by atoms with Gasteiger partial charge in [0.2, 0.25) is 23.8 Å². The van der Waals surface area contributed by atoms with Gasteiger partial charge in [0.05, 0.1) is 47.1 Å². The quantitative estimate of drug-likeness (QED) is 0.0904. The highest BCUT2D eigenvalue weighted by Gasteiger charge is 2.09. The largest absolute Gasteiger partial charge is 0.497 e. The first-order chi connectivity index (χ1) is 22.5. The van der Waals surface area contributed by atoms with Crippen LogP contribution < -0.4 is 36.5 Å². The third-order valence-electron chi connectivity index (χ3n) is 6.63. The molecule has 0 unspecified atom stereocenters. The van der Waals surface area contributed by atoms with Crippen LogP contribution in [-0.2, 0) is 33.8 Å². The third-order valence-corrected chi connectivity index (χ3v) is 6.63. The Morgan fingerprint density at radius 3 is 1.67 bits per heavy atom. The Labute approximate surface area is 269 Å². The molecule has 244 valence electrons. The molecule has 13 nitrogen and oxygen atoms in total. The van der Waals surface area contributed by atoms with E-state index >= 15 is 0 Å². The van der Waals surface area contributed by atoms with Crippen LogP contribution in [0.1, 0.15) is 16.7 Å². The van der Waals surface area contributed by atoms with Crippen molar-refractivity contribution in [1.29, 1.82) is 0 Å². The minimum absolute atomic E-state index is 0.0821. The second-order valence-corrected chi connectivity index (χ2v) is 10.1. The number of nitrogens with one attached hydrogen (secondary N) is 4. The van der Waals surface area contributed by atoms with Gasteiger partial charge in [0.25, 0.3) is 0 Å². The highest BCUT2D eigenvalue weighted by atomic mass is 16.5. The smallest absolute Gasteiger partial charge is 0.233 e. The standard InChI is InChI=1S/C33H42N8O5/c1-43-28-11-5-25(6-12-28)22-36-31-39-32(37-23-26-7-13-29(44-2)14-8-26)41-33(40-31)38-27-9-3-24(4-10-27)21-30(42)35-16-18-46-20-19-45-17-15-34/h3-14H,15-23,34H2,1-2H3,(H,35,42)(H3,36,37,38,39,40,41). The van der Waals surface area contributed by atoms with Crippen LogP contribution in [0, 0.1) is 0 Å². The molecule has 0 atom stereocenters. The van der Waals surface area contributed by atoms with Crippen molar-refractivity contribution in [3.63, 3.8) is 0 Å². The van der Waals surface area contributed by atoms with Gasteiger partial charge in [-0.05, 0) is 53.1 Å². The maximum Gasteiger partial charge on any atom is 0.233 e. The molecule has 1 aromatic heterocycles. The number of ether oxygens (including phenoxy) is 4. The zero-order valence-electron chi connectivity index (χ0n) is 26.3. The normalized spacial score (nSPS) is 10.7. The molecule has 46 heavy (non-hydrogen) atoms. The molecule has 0 aliphatic rings. The molecule has 0 saturated carbocycles. The van der Waals surface area contributed by atoms with E-state index in [0.29, 0.717) is 70.5 Å².